The number of rotatable bonds is 5. The van der Waals surface area contributed by atoms with Gasteiger partial charge in [0.25, 0.3) is 0 Å². The van der Waals surface area contributed by atoms with Gasteiger partial charge in [-0.15, -0.1) is 0 Å². The Balaban J connectivity index is 1.59. The molecule has 146 valence electrons. The summed E-state index contributed by atoms with van der Waals surface area (Å²) in [7, 11) is 1.23. The highest BCUT2D eigenvalue weighted by atomic mass is 19.4. The van der Waals surface area contributed by atoms with E-state index in [0.717, 1.165) is 17.7 Å². The summed E-state index contributed by atoms with van der Waals surface area (Å²) < 4.78 is 52.7. The molecule has 28 heavy (non-hydrogen) atoms. The molecule has 0 fully saturated rings. The molecule has 0 aliphatic heterocycles. The third-order valence-electron chi connectivity index (χ3n) is 3.76. The number of carbonyl (C=O) groups is 1. The minimum absolute atomic E-state index is 0.134. The number of aromatic nitrogens is 1. The predicted octanol–water partition coefficient (Wildman–Crippen LogP) is 5.12. The lowest BCUT2D eigenvalue weighted by Crippen LogP contribution is -2.09. The van der Waals surface area contributed by atoms with Gasteiger partial charge in [-0.2, -0.15) is 13.2 Å². The van der Waals surface area contributed by atoms with Crippen molar-refractivity contribution in [2.75, 3.05) is 12.4 Å². The Labute approximate surface area is 157 Å². The number of halogens is 3. The number of methoxy groups -OCH3 is 1. The normalized spacial score (nSPS) is 11.1. The second-order valence-electron chi connectivity index (χ2n) is 5.70. The molecule has 0 atom stereocenters. The van der Waals surface area contributed by atoms with Crippen molar-refractivity contribution in [1.82, 2.24) is 5.16 Å². The SMILES string of the molecule is COC(=O)Nc1cc(-c2ccc(OCc3ccc(C(F)(F)F)cc3)cc2)no1. The standard InChI is InChI=1S/C19H15F3N2O4/c1-26-18(25)23-17-10-16(24-28-17)13-4-8-15(9-5-13)27-11-12-2-6-14(7-3-12)19(20,21)22/h2-10H,11H2,1H3,(H,23,25). The van der Waals surface area contributed by atoms with Crippen molar-refractivity contribution in [1.29, 1.82) is 0 Å². The van der Waals surface area contributed by atoms with Gasteiger partial charge in [-0.25, -0.2) is 4.79 Å². The summed E-state index contributed by atoms with van der Waals surface area (Å²) in [6.07, 6.45) is -5.03. The van der Waals surface area contributed by atoms with Crippen LogP contribution in [0.2, 0.25) is 0 Å². The third-order valence-corrected chi connectivity index (χ3v) is 3.76. The van der Waals surface area contributed by atoms with E-state index >= 15 is 0 Å². The highest BCUT2D eigenvalue weighted by Crippen LogP contribution is 2.29. The van der Waals surface area contributed by atoms with Gasteiger partial charge < -0.3 is 14.0 Å². The Morgan fingerprint density at radius 2 is 1.79 bits per heavy atom. The van der Waals surface area contributed by atoms with Gasteiger partial charge in [-0.3, -0.25) is 5.32 Å². The van der Waals surface area contributed by atoms with E-state index in [1.807, 2.05) is 0 Å². The van der Waals surface area contributed by atoms with Gasteiger partial charge in [-0.1, -0.05) is 17.3 Å². The maximum Gasteiger partial charge on any atom is 0.416 e. The molecule has 1 heterocycles. The van der Waals surface area contributed by atoms with Crippen molar-refractivity contribution in [3.8, 4) is 17.0 Å². The van der Waals surface area contributed by atoms with E-state index < -0.39 is 17.8 Å². The molecule has 0 aliphatic carbocycles. The van der Waals surface area contributed by atoms with Crippen LogP contribution in [0.3, 0.4) is 0 Å². The number of hydrogen-bond donors (Lipinski definition) is 1. The zero-order chi connectivity index (χ0) is 20.1. The minimum atomic E-state index is -4.36. The number of nitrogens with zero attached hydrogens (tertiary/aromatic N) is 1. The molecule has 2 aromatic carbocycles. The van der Waals surface area contributed by atoms with Crippen LogP contribution in [0, 0.1) is 0 Å². The minimum Gasteiger partial charge on any atom is -0.489 e. The Morgan fingerprint density at radius 3 is 2.39 bits per heavy atom. The van der Waals surface area contributed by atoms with Crippen LogP contribution in [0.5, 0.6) is 5.75 Å². The molecule has 0 saturated heterocycles. The first-order valence-corrected chi connectivity index (χ1v) is 8.06. The molecule has 0 saturated carbocycles. The molecule has 0 aliphatic rings. The van der Waals surface area contributed by atoms with Crippen LogP contribution in [0.15, 0.2) is 59.1 Å². The fraction of sp³-hybridized carbons (Fsp3) is 0.158. The summed E-state index contributed by atoms with van der Waals surface area (Å²) in [5.74, 6) is 0.685. The zero-order valence-electron chi connectivity index (χ0n) is 14.6. The van der Waals surface area contributed by atoms with Crippen LogP contribution < -0.4 is 10.1 Å². The second kappa shape index (κ2) is 8.03. The van der Waals surface area contributed by atoms with Crippen LogP contribution in [-0.4, -0.2) is 18.4 Å². The average Bonchev–Trinajstić information content (AvgIpc) is 3.14. The zero-order valence-corrected chi connectivity index (χ0v) is 14.6. The third kappa shape index (κ3) is 4.81. The van der Waals surface area contributed by atoms with E-state index in [4.69, 9.17) is 9.26 Å². The predicted molar refractivity (Wildman–Crippen MR) is 93.7 cm³/mol. The average molecular weight is 392 g/mol. The Hall–Kier alpha value is -3.49. The maximum absolute atomic E-state index is 12.6. The first kappa shape index (κ1) is 19.3. The number of benzene rings is 2. The summed E-state index contributed by atoms with van der Waals surface area (Å²) in [6.45, 7) is 0.134. The van der Waals surface area contributed by atoms with E-state index in [2.05, 4.69) is 15.2 Å². The summed E-state index contributed by atoms with van der Waals surface area (Å²) in [5, 5.41) is 6.21. The molecule has 0 spiro atoms. The molecule has 1 amide bonds. The molecule has 9 heteroatoms. The van der Waals surface area contributed by atoms with Crippen LogP contribution >= 0.6 is 0 Å². The molecule has 0 unspecified atom stereocenters. The van der Waals surface area contributed by atoms with Crippen LogP contribution in [0.4, 0.5) is 23.8 Å². The highest BCUT2D eigenvalue weighted by molar-refractivity contribution is 5.83. The smallest absolute Gasteiger partial charge is 0.416 e. The Morgan fingerprint density at radius 1 is 1.11 bits per heavy atom. The van der Waals surface area contributed by atoms with Gasteiger partial charge in [0.2, 0.25) is 5.88 Å². The summed E-state index contributed by atoms with van der Waals surface area (Å²) in [5.41, 5.74) is 1.14. The summed E-state index contributed by atoms with van der Waals surface area (Å²) >= 11 is 0. The van der Waals surface area contributed by atoms with Gasteiger partial charge in [0.15, 0.2) is 0 Å². The van der Waals surface area contributed by atoms with Crippen molar-refractivity contribution in [3.63, 3.8) is 0 Å². The van der Waals surface area contributed by atoms with Gasteiger partial charge in [0.05, 0.1) is 12.7 Å². The molecule has 3 aromatic rings. The van der Waals surface area contributed by atoms with E-state index in [0.29, 0.717) is 17.0 Å². The van der Waals surface area contributed by atoms with E-state index in [1.165, 1.54) is 25.3 Å². The largest absolute Gasteiger partial charge is 0.489 e. The van der Waals surface area contributed by atoms with Crippen molar-refractivity contribution < 1.29 is 32.0 Å². The quantitative estimate of drug-likeness (QED) is 0.653. The monoisotopic (exact) mass is 392 g/mol. The number of alkyl halides is 3. The van der Waals surface area contributed by atoms with E-state index in [-0.39, 0.29) is 12.5 Å². The van der Waals surface area contributed by atoms with Gasteiger partial charge in [-0.05, 0) is 42.0 Å². The van der Waals surface area contributed by atoms with Crippen molar-refractivity contribution in [2.24, 2.45) is 0 Å². The van der Waals surface area contributed by atoms with Gasteiger partial charge >= 0.3 is 12.3 Å². The number of nitrogens with one attached hydrogen (secondary N) is 1. The van der Waals surface area contributed by atoms with Crippen molar-refractivity contribution >= 4 is 12.0 Å². The first-order chi connectivity index (χ1) is 13.3. The number of amides is 1. The summed E-state index contributed by atoms with van der Waals surface area (Å²) in [6, 6.07) is 13.2. The first-order valence-electron chi connectivity index (χ1n) is 8.06. The van der Waals surface area contributed by atoms with Gasteiger partial charge in [0, 0.05) is 11.6 Å². The Kier molecular flexibility index (Phi) is 5.53. The van der Waals surface area contributed by atoms with Crippen LogP contribution in [0.25, 0.3) is 11.3 Å². The fourth-order valence-corrected chi connectivity index (χ4v) is 2.30. The fourth-order valence-electron chi connectivity index (χ4n) is 2.30. The van der Waals surface area contributed by atoms with Crippen molar-refractivity contribution in [2.45, 2.75) is 12.8 Å². The number of anilines is 1. The van der Waals surface area contributed by atoms with Crippen molar-refractivity contribution in [3.05, 3.63) is 65.7 Å². The molecule has 6 nitrogen and oxygen atoms in total. The second-order valence-corrected chi connectivity index (χ2v) is 5.70. The molecule has 1 N–H and O–H groups in total. The number of carbonyl (C=O) groups excluding carboxylic acids is 1. The lowest BCUT2D eigenvalue weighted by Gasteiger charge is -2.09. The van der Waals surface area contributed by atoms with Crippen LogP contribution in [0.1, 0.15) is 11.1 Å². The van der Waals surface area contributed by atoms with Gasteiger partial charge in [0.1, 0.15) is 18.1 Å². The lowest BCUT2D eigenvalue weighted by atomic mass is 10.1. The summed E-state index contributed by atoms with van der Waals surface area (Å²) in [4.78, 5) is 11.1. The molecule has 0 bridgehead atoms. The molecule has 1 aromatic heterocycles. The molecular weight excluding hydrogens is 377 g/mol. The molecule has 0 radical (unpaired) electrons. The molecule has 3 rings (SSSR count). The number of hydrogen-bond acceptors (Lipinski definition) is 5. The highest BCUT2D eigenvalue weighted by Gasteiger charge is 2.29. The Bertz CT molecular complexity index is 935. The van der Waals surface area contributed by atoms with E-state index in [9.17, 15) is 18.0 Å². The van der Waals surface area contributed by atoms with E-state index in [1.54, 1.807) is 24.3 Å². The topological polar surface area (TPSA) is 73.6 Å². The maximum atomic E-state index is 12.6. The lowest BCUT2D eigenvalue weighted by molar-refractivity contribution is -0.137. The molecular formula is C19H15F3N2O4. The van der Waals surface area contributed by atoms with Crippen LogP contribution in [-0.2, 0) is 17.5 Å². The number of ether oxygens (including phenoxy) is 2.